The molecule has 0 saturated heterocycles. The van der Waals surface area contributed by atoms with E-state index < -0.39 is 6.09 Å². The van der Waals surface area contributed by atoms with Crippen LogP contribution in [-0.4, -0.2) is 148 Å². The third kappa shape index (κ3) is 17.4. The number of aryl methyl sites for hydroxylation is 1. The van der Waals surface area contributed by atoms with E-state index in [1.807, 2.05) is 12.1 Å². The zero-order valence-corrected chi connectivity index (χ0v) is 33.1. The summed E-state index contributed by atoms with van der Waals surface area (Å²) in [5.74, 6) is 2.30. The van der Waals surface area contributed by atoms with E-state index in [4.69, 9.17) is 55.8 Å². The molecule has 0 spiro atoms. The van der Waals surface area contributed by atoms with Crippen LogP contribution in [0.5, 0.6) is 0 Å². The maximum absolute atomic E-state index is 12.3. The lowest BCUT2D eigenvalue weighted by atomic mass is 10.1. The summed E-state index contributed by atoms with van der Waals surface area (Å²) < 4.78 is 44.4. The molecule has 0 atom stereocenters. The second-order valence-corrected chi connectivity index (χ2v) is 12.6. The smallest absolute Gasteiger partial charge is 0.408 e. The Morgan fingerprint density at radius 2 is 1.34 bits per heavy atom. The summed E-state index contributed by atoms with van der Waals surface area (Å²) in [6.07, 6.45) is 7.78. The molecule has 7 N–H and O–H groups in total. The number of anilines is 2. The summed E-state index contributed by atoms with van der Waals surface area (Å²) in [6, 6.07) is 5.57. The Bertz CT molecular complexity index is 1920. The number of hydrogen-bond donors (Lipinski definition) is 5. The number of benzene rings is 1. The first kappa shape index (κ1) is 46.1. The Labute approximate surface area is 341 Å². The van der Waals surface area contributed by atoms with E-state index in [9.17, 15) is 14.4 Å². The van der Waals surface area contributed by atoms with Crippen molar-refractivity contribution < 1.29 is 52.0 Å². The summed E-state index contributed by atoms with van der Waals surface area (Å²) in [7, 11) is 0. The third-order valence-corrected chi connectivity index (χ3v) is 8.16. The molecule has 0 radical (unpaired) electrons. The highest BCUT2D eigenvalue weighted by Gasteiger charge is 2.18. The molecule has 3 amide bonds. The van der Waals surface area contributed by atoms with Crippen molar-refractivity contribution in [3.05, 3.63) is 24.5 Å². The van der Waals surface area contributed by atoms with Crippen LogP contribution in [0.2, 0.25) is 0 Å². The molecule has 322 valence electrons. The van der Waals surface area contributed by atoms with Gasteiger partial charge in [-0.15, -0.1) is 6.42 Å². The van der Waals surface area contributed by atoms with Crippen molar-refractivity contribution >= 4 is 51.9 Å². The van der Waals surface area contributed by atoms with Gasteiger partial charge in [-0.25, -0.2) is 19.4 Å². The van der Waals surface area contributed by atoms with Crippen LogP contribution in [0.15, 0.2) is 28.9 Å². The molecule has 1 aromatic carbocycles. The number of nitrogens with one attached hydrogen (secondary N) is 3. The number of terminal acetylenes is 1. The number of nitrogens with zero attached hydrogens (tertiary/aromatic N) is 5. The molecular weight excluding hydrogens is 772 g/mol. The summed E-state index contributed by atoms with van der Waals surface area (Å²) in [4.78, 5) is 48.1. The van der Waals surface area contributed by atoms with Gasteiger partial charge in [0, 0.05) is 44.6 Å². The number of unbranched alkanes of at least 4 members (excludes halogenated alkanes) is 1. The lowest BCUT2D eigenvalue weighted by Crippen LogP contribution is -2.28. The predicted molar refractivity (Wildman–Crippen MR) is 215 cm³/mol. The Kier molecular flexibility index (Phi) is 21.2. The number of carbonyl (C=O) groups excluding carboxylic acids is 3. The molecule has 4 aromatic rings. The fraction of sp³-hybridized carbons (Fsp3) is 0.553. The fourth-order valence-corrected chi connectivity index (χ4v) is 5.33. The van der Waals surface area contributed by atoms with Gasteiger partial charge in [0.05, 0.1) is 84.7 Å². The molecule has 59 heavy (non-hydrogen) atoms. The van der Waals surface area contributed by atoms with Gasteiger partial charge in [-0.3, -0.25) is 9.59 Å². The molecule has 0 bridgehead atoms. The predicted octanol–water partition coefficient (Wildman–Crippen LogP) is 1.05. The largest absolute Gasteiger partial charge is 0.436 e. The molecule has 0 aliphatic heterocycles. The number of ether oxygens (including phenoxy) is 7. The number of nitrogens with two attached hydrogens (primary N) is 2. The molecule has 3 aromatic heterocycles. The van der Waals surface area contributed by atoms with E-state index in [2.05, 4.69) is 41.6 Å². The first-order valence-corrected chi connectivity index (χ1v) is 19.3. The zero-order valence-electron chi connectivity index (χ0n) is 33.1. The van der Waals surface area contributed by atoms with E-state index in [0.29, 0.717) is 126 Å². The lowest BCUT2D eigenvalue weighted by Gasteiger charge is -2.09. The number of aromatic nitrogens is 5. The molecule has 0 unspecified atom stereocenters. The van der Waals surface area contributed by atoms with E-state index in [0.717, 1.165) is 18.4 Å². The molecule has 21 nitrogen and oxygen atoms in total. The molecule has 3 heterocycles. The van der Waals surface area contributed by atoms with E-state index in [1.54, 1.807) is 10.7 Å². The van der Waals surface area contributed by atoms with Crippen LogP contribution in [-0.2, 0) is 49.3 Å². The average Bonchev–Trinajstić information content (AvgIpc) is 3.80. The normalized spacial score (nSPS) is 11.2. The lowest BCUT2D eigenvalue weighted by molar-refractivity contribution is -0.123. The number of fused-ring (bicyclic) bond motifs is 2. The topological polar surface area (TPSA) is 274 Å². The monoisotopic (exact) mass is 826 g/mol. The first-order valence-electron chi connectivity index (χ1n) is 19.3. The average molecular weight is 827 g/mol. The number of rotatable bonds is 31. The number of nitrogen functional groups attached to an aromatic ring is 2. The van der Waals surface area contributed by atoms with Gasteiger partial charge in [-0.1, -0.05) is 5.92 Å². The van der Waals surface area contributed by atoms with E-state index >= 15 is 0 Å². The zero-order chi connectivity index (χ0) is 41.9. The summed E-state index contributed by atoms with van der Waals surface area (Å²) in [5, 5.41) is 13.6. The Morgan fingerprint density at radius 3 is 1.98 bits per heavy atom. The maximum atomic E-state index is 12.3. The van der Waals surface area contributed by atoms with Gasteiger partial charge < -0.3 is 65.0 Å². The second-order valence-electron chi connectivity index (χ2n) is 12.6. The Balaban J connectivity index is 0.900. The van der Waals surface area contributed by atoms with Crippen LogP contribution in [0.25, 0.3) is 33.4 Å². The maximum Gasteiger partial charge on any atom is 0.408 e. The Morgan fingerprint density at radius 1 is 0.746 bits per heavy atom. The fourth-order valence-electron chi connectivity index (χ4n) is 5.33. The van der Waals surface area contributed by atoms with Crippen molar-refractivity contribution in [1.82, 2.24) is 40.7 Å². The number of carbonyl (C=O) groups is 3. The quantitative estimate of drug-likeness (QED) is 0.0350. The van der Waals surface area contributed by atoms with Crippen molar-refractivity contribution in [3.8, 4) is 23.6 Å². The number of amides is 3. The van der Waals surface area contributed by atoms with E-state index in [-0.39, 0.29) is 50.5 Å². The highest BCUT2D eigenvalue weighted by molar-refractivity contribution is 5.99. The van der Waals surface area contributed by atoms with Crippen LogP contribution >= 0.6 is 0 Å². The third-order valence-electron chi connectivity index (χ3n) is 8.16. The number of oxazole rings is 1. The summed E-state index contributed by atoms with van der Waals surface area (Å²) in [6.45, 7) is 5.86. The van der Waals surface area contributed by atoms with Crippen molar-refractivity contribution in [1.29, 1.82) is 0 Å². The minimum atomic E-state index is -0.588. The minimum Gasteiger partial charge on any atom is -0.436 e. The van der Waals surface area contributed by atoms with Crippen LogP contribution < -0.4 is 27.4 Å². The standard InChI is InChI=1S/C38H54N10O11/c1-2-13-58-38(51)43-11-17-55-21-25-57-23-19-53-15-8-32(50)42-10-16-54-20-24-56-22-18-52-14-7-31(49)41-9-3-4-12-48-36-33(35(39)44-27-45-36)34(47-48)28-5-6-30-29(26-28)46-37(40)59-30/h1,5-6,26-27H,3-4,7-25H2,(H2,40,46)(H,41,49)(H,42,50)(H,43,51)(H2,39,44,45). The molecule has 21 heteroatoms. The summed E-state index contributed by atoms with van der Waals surface area (Å²) in [5.41, 5.74) is 15.2. The molecule has 4 rings (SSSR count). The number of alkyl carbamates (subject to hydrolysis) is 1. The van der Waals surface area contributed by atoms with Gasteiger partial charge in [-0.05, 0) is 31.0 Å². The molecule has 0 fully saturated rings. The van der Waals surface area contributed by atoms with Gasteiger partial charge in [0.2, 0.25) is 11.8 Å². The first-order chi connectivity index (χ1) is 28.9. The van der Waals surface area contributed by atoms with Crippen molar-refractivity contribution in [3.63, 3.8) is 0 Å². The van der Waals surface area contributed by atoms with Crippen LogP contribution in [0, 0.1) is 12.3 Å². The van der Waals surface area contributed by atoms with Gasteiger partial charge in [0.25, 0.3) is 6.01 Å². The van der Waals surface area contributed by atoms with Crippen LogP contribution in [0.3, 0.4) is 0 Å². The minimum absolute atomic E-state index is 0.0784. The molecular formula is C38H54N10O11. The molecule has 0 aliphatic carbocycles. The van der Waals surface area contributed by atoms with Crippen LogP contribution in [0.4, 0.5) is 16.6 Å². The van der Waals surface area contributed by atoms with Crippen molar-refractivity contribution in [2.24, 2.45) is 0 Å². The van der Waals surface area contributed by atoms with Gasteiger partial charge in [-0.2, -0.15) is 10.1 Å². The van der Waals surface area contributed by atoms with Crippen LogP contribution in [0.1, 0.15) is 25.7 Å². The van der Waals surface area contributed by atoms with Crippen molar-refractivity contribution in [2.45, 2.75) is 32.2 Å². The van der Waals surface area contributed by atoms with Gasteiger partial charge >= 0.3 is 6.09 Å². The summed E-state index contributed by atoms with van der Waals surface area (Å²) >= 11 is 0. The Hall–Kier alpha value is -5.63. The molecule has 0 aliphatic rings. The highest BCUT2D eigenvalue weighted by Crippen LogP contribution is 2.32. The highest BCUT2D eigenvalue weighted by atomic mass is 16.6. The second kappa shape index (κ2) is 27.1. The number of hydrogen-bond acceptors (Lipinski definition) is 17. The van der Waals surface area contributed by atoms with Gasteiger partial charge in [0.1, 0.15) is 23.4 Å². The molecule has 0 saturated carbocycles. The SMILES string of the molecule is C#CCOC(=O)NCCOCCOCCOCCC(=O)NCCOCCOCCOCCC(=O)NCCCCn1nc(-c2ccc3oc(N)nc3c2)c2c(N)ncnc21. The van der Waals surface area contributed by atoms with Gasteiger partial charge in [0.15, 0.2) is 17.8 Å². The van der Waals surface area contributed by atoms with E-state index in [1.165, 1.54) is 6.33 Å². The van der Waals surface area contributed by atoms with Crippen molar-refractivity contribution in [2.75, 3.05) is 117 Å².